The molecule has 0 amide bonds. The van der Waals surface area contributed by atoms with E-state index >= 15 is 0 Å². The first-order chi connectivity index (χ1) is 6.92. The fourth-order valence-corrected chi connectivity index (χ4v) is 1.56. The summed E-state index contributed by atoms with van der Waals surface area (Å²) in [7, 11) is -4.09. The van der Waals surface area contributed by atoms with E-state index in [1.165, 1.54) is 6.92 Å². The van der Waals surface area contributed by atoms with Crippen molar-refractivity contribution in [3.8, 4) is 0 Å². The van der Waals surface area contributed by atoms with E-state index in [0.717, 1.165) is 6.42 Å². The number of rotatable bonds is 5. The van der Waals surface area contributed by atoms with Gasteiger partial charge in [0.2, 0.25) is 0 Å². The van der Waals surface area contributed by atoms with Crippen molar-refractivity contribution in [1.29, 1.82) is 0 Å². The summed E-state index contributed by atoms with van der Waals surface area (Å²) in [5.41, 5.74) is -1.24. The first-order valence-electron chi connectivity index (χ1n) is 5.33. The quantitative estimate of drug-likeness (QED) is 0.601. The van der Waals surface area contributed by atoms with Crippen LogP contribution in [0, 0.1) is 0 Å². The van der Waals surface area contributed by atoms with Gasteiger partial charge in [-0.3, -0.25) is 4.55 Å². The molecule has 0 heterocycles. The molecule has 0 aromatic heterocycles. The Hall–Kier alpha value is -0.490. The molecule has 0 aromatic rings. The van der Waals surface area contributed by atoms with E-state index in [0.29, 0.717) is 0 Å². The molecule has 16 heavy (non-hydrogen) atoms. The molecule has 0 saturated carbocycles. The fourth-order valence-electron chi connectivity index (χ4n) is 0.781. The molecule has 0 bridgehead atoms. The number of azo groups is 1. The molecule has 0 radical (unpaired) electrons. The Bertz CT molecular complexity index is 358. The summed E-state index contributed by atoms with van der Waals surface area (Å²) in [4.78, 5) is 0. The molecule has 1 N–H and O–H groups in total. The van der Waals surface area contributed by atoms with Crippen molar-refractivity contribution >= 4 is 10.1 Å². The molecule has 96 valence electrons. The standard InChI is InChI=1S/C10H22N2O3S/c1-7-9(3,4)11-12-10(5,6)8(2)16(13,14)15/h8H,7H2,1-6H3,(H,13,14,15). The maximum Gasteiger partial charge on any atom is 0.269 e. The zero-order valence-corrected chi connectivity index (χ0v) is 11.7. The van der Waals surface area contributed by atoms with Crippen LogP contribution in [0.4, 0.5) is 0 Å². The molecule has 0 aromatic carbocycles. The Morgan fingerprint density at radius 2 is 1.62 bits per heavy atom. The van der Waals surface area contributed by atoms with Crippen molar-refractivity contribution in [3.63, 3.8) is 0 Å². The number of nitrogens with zero attached hydrogens (tertiary/aromatic N) is 2. The molecule has 0 spiro atoms. The molecule has 0 saturated heterocycles. The molecule has 0 aliphatic carbocycles. The van der Waals surface area contributed by atoms with E-state index < -0.39 is 20.9 Å². The lowest BCUT2D eigenvalue weighted by Gasteiger charge is -2.25. The Balaban J connectivity index is 4.97. The van der Waals surface area contributed by atoms with Gasteiger partial charge in [-0.1, -0.05) is 6.92 Å². The highest BCUT2D eigenvalue weighted by Gasteiger charge is 2.35. The minimum Gasteiger partial charge on any atom is -0.285 e. The Kier molecular flexibility index (Phi) is 4.64. The molecule has 1 unspecified atom stereocenters. The average molecular weight is 250 g/mol. The largest absolute Gasteiger partial charge is 0.285 e. The van der Waals surface area contributed by atoms with Gasteiger partial charge in [0.25, 0.3) is 10.1 Å². The maximum absolute atomic E-state index is 11.0. The lowest BCUT2D eigenvalue weighted by atomic mass is 10.0. The Labute approximate surface area is 98.1 Å². The van der Waals surface area contributed by atoms with E-state index in [1.807, 2.05) is 20.8 Å². The smallest absolute Gasteiger partial charge is 0.269 e. The minimum absolute atomic E-state index is 0.309. The van der Waals surface area contributed by atoms with E-state index in [4.69, 9.17) is 4.55 Å². The second-order valence-corrected chi connectivity index (χ2v) is 6.91. The highest BCUT2D eigenvalue weighted by Crippen LogP contribution is 2.24. The third-order valence-electron chi connectivity index (χ3n) is 2.89. The van der Waals surface area contributed by atoms with Crippen molar-refractivity contribution in [2.24, 2.45) is 10.2 Å². The van der Waals surface area contributed by atoms with Crippen LogP contribution in [0.3, 0.4) is 0 Å². The van der Waals surface area contributed by atoms with E-state index in [2.05, 4.69) is 10.2 Å². The molecule has 5 nitrogen and oxygen atoms in total. The van der Waals surface area contributed by atoms with Crippen LogP contribution in [0.1, 0.15) is 48.0 Å². The van der Waals surface area contributed by atoms with Crippen LogP contribution in [-0.4, -0.2) is 29.3 Å². The highest BCUT2D eigenvalue weighted by molar-refractivity contribution is 7.86. The van der Waals surface area contributed by atoms with Gasteiger partial charge in [-0.2, -0.15) is 18.6 Å². The predicted octanol–water partition coefficient (Wildman–Crippen LogP) is 2.68. The summed E-state index contributed by atoms with van der Waals surface area (Å²) in [6.45, 7) is 10.5. The molecular weight excluding hydrogens is 228 g/mol. The normalized spacial score (nSPS) is 16.7. The van der Waals surface area contributed by atoms with Crippen LogP contribution in [0.5, 0.6) is 0 Å². The maximum atomic E-state index is 11.0. The number of hydrogen-bond acceptors (Lipinski definition) is 4. The van der Waals surface area contributed by atoms with Crippen LogP contribution < -0.4 is 0 Å². The van der Waals surface area contributed by atoms with Crippen molar-refractivity contribution < 1.29 is 13.0 Å². The molecular formula is C10H22N2O3S. The van der Waals surface area contributed by atoms with Crippen molar-refractivity contribution in [2.45, 2.75) is 64.3 Å². The molecule has 0 rings (SSSR count). The monoisotopic (exact) mass is 250 g/mol. The molecule has 0 aliphatic rings. The van der Waals surface area contributed by atoms with Gasteiger partial charge in [0.15, 0.2) is 0 Å². The van der Waals surface area contributed by atoms with E-state index in [-0.39, 0.29) is 5.54 Å². The van der Waals surface area contributed by atoms with Crippen LogP contribution in [0.25, 0.3) is 0 Å². The van der Waals surface area contributed by atoms with Crippen molar-refractivity contribution in [2.75, 3.05) is 0 Å². The third kappa shape index (κ3) is 4.57. The van der Waals surface area contributed by atoms with E-state index in [1.54, 1.807) is 13.8 Å². The molecule has 0 aliphatic heterocycles. The van der Waals surface area contributed by atoms with Crippen LogP contribution >= 0.6 is 0 Å². The number of hydrogen-bond donors (Lipinski definition) is 1. The Morgan fingerprint density at radius 3 is 1.94 bits per heavy atom. The van der Waals surface area contributed by atoms with Gasteiger partial charge in [0.1, 0.15) is 5.25 Å². The predicted molar refractivity (Wildman–Crippen MR) is 64.3 cm³/mol. The van der Waals surface area contributed by atoms with Gasteiger partial charge in [0.05, 0.1) is 11.1 Å². The van der Waals surface area contributed by atoms with Crippen LogP contribution in [-0.2, 0) is 10.1 Å². The van der Waals surface area contributed by atoms with Gasteiger partial charge >= 0.3 is 0 Å². The van der Waals surface area contributed by atoms with Crippen LogP contribution in [0.15, 0.2) is 10.2 Å². The zero-order valence-electron chi connectivity index (χ0n) is 10.9. The van der Waals surface area contributed by atoms with Crippen LogP contribution in [0.2, 0.25) is 0 Å². The van der Waals surface area contributed by atoms with Gasteiger partial charge < -0.3 is 0 Å². The van der Waals surface area contributed by atoms with Gasteiger partial charge in [-0.25, -0.2) is 0 Å². The fraction of sp³-hybridized carbons (Fsp3) is 1.00. The van der Waals surface area contributed by atoms with Gasteiger partial charge in [-0.15, -0.1) is 0 Å². The highest BCUT2D eigenvalue weighted by atomic mass is 32.2. The average Bonchev–Trinajstić information content (AvgIpc) is 2.13. The lowest BCUT2D eigenvalue weighted by molar-refractivity contribution is 0.383. The third-order valence-corrected chi connectivity index (χ3v) is 4.36. The lowest BCUT2D eigenvalue weighted by Crippen LogP contribution is -2.38. The topological polar surface area (TPSA) is 79.1 Å². The summed E-state index contributed by atoms with van der Waals surface area (Å²) in [5, 5.41) is 7.21. The summed E-state index contributed by atoms with van der Waals surface area (Å²) >= 11 is 0. The first kappa shape index (κ1) is 15.5. The van der Waals surface area contributed by atoms with Gasteiger partial charge in [0, 0.05) is 0 Å². The first-order valence-corrected chi connectivity index (χ1v) is 6.83. The van der Waals surface area contributed by atoms with Crippen molar-refractivity contribution in [3.05, 3.63) is 0 Å². The Morgan fingerprint density at radius 1 is 1.19 bits per heavy atom. The van der Waals surface area contributed by atoms with E-state index in [9.17, 15) is 8.42 Å². The SMILES string of the molecule is CCC(C)(C)N=NC(C)(C)C(C)S(=O)(=O)O. The molecule has 1 atom stereocenters. The zero-order chi connectivity index (χ0) is 13.2. The van der Waals surface area contributed by atoms with Crippen molar-refractivity contribution in [1.82, 2.24) is 0 Å². The second kappa shape index (κ2) is 4.79. The molecule has 0 fully saturated rings. The summed E-state index contributed by atoms with van der Waals surface area (Å²) in [6, 6.07) is 0. The summed E-state index contributed by atoms with van der Waals surface area (Å²) in [5.74, 6) is 0. The van der Waals surface area contributed by atoms with Gasteiger partial charge in [-0.05, 0) is 41.0 Å². The minimum atomic E-state index is -4.09. The summed E-state index contributed by atoms with van der Waals surface area (Å²) < 4.78 is 31.0. The summed E-state index contributed by atoms with van der Waals surface area (Å²) in [6.07, 6.45) is 0.812. The molecule has 6 heteroatoms. The second-order valence-electron chi connectivity index (χ2n) is 5.18.